The van der Waals surface area contributed by atoms with E-state index in [1.165, 1.54) is 127 Å². The number of allylic oxidation sites excluding steroid dienone is 6. The van der Waals surface area contributed by atoms with Crippen LogP contribution >= 0.6 is 0 Å². The Bertz CT molecular complexity index is 4540. The van der Waals surface area contributed by atoms with Gasteiger partial charge in [0.15, 0.2) is 0 Å². The number of aromatic nitrogens is 3. The van der Waals surface area contributed by atoms with Crippen molar-refractivity contribution in [2.45, 2.75) is 77.0 Å². The predicted molar refractivity (Wildman–Crippen MR) is 354 cm³/mol. The van der Waals surface area contributed by atoms with Gasteiger partial charge in [0, 0.05) is 67.6 Å². The predicted octanol–water partition coefficient (Wildman–Crippen LogP) is 21.8. The van der Waals surface area contributed by atoms with E-state index < -0.39 is 0 Å². The summed E-state index contributed by atoms with van der Waals surface area (Å²) in [7, 11) is 0. The molecule has 6 heterocycles. The van der Waals surface area contributed by atoms with E-state index in [4.69, 9.17) is 28.2 Å². The minimum atomic E-state index is 0.470. The lowest BCUT2D eigenvalue weighted by atomic mass is 9.61. The van der Waals surface area contributed by atoms with Crippen molar-refractivity contribution in [2.75, 3.05) is 0 Å². The highest BCUT2D eigenvalue weighted by Crippen LogP contribution is 2.59. The topological polar surface area (TPSA) is 78.1 Å². The van der Waals surface area contributed by atoms with E-state index in [9.17, 15) is 0 Å². The number of rotatable bonds is 9. The number of hydrogen-bond donors (Lipinski definition) is 0. The van der Waals surface area contributed by atoms with Crippen molar-refractivity contribution in [3.63, 3.8) is 0 Å². The fourth-order valence-electron chi connectivity index (χ4n) is 17.6. The van der Waals surface area contributed by atoms with Crippen molar-refractivity contribution in [2.24, 2.45) is 35.5 Å². The van der Waals surface area contributed by atoms with Crippen molar-refractivity contribution in [1.82, 2.24) is 15.0 Å². The minimum Gasteiger partial charge on any atom is -0.456 e. The molecule has 0 amide bonds. The molecular weight excluding hydrogens is 1060 g/mol. The third-order valence-corrected chi connectivity index (χ3v) is 21.6. The first-order chi connectivity index (χ1) is 43.0. The van der Waals surface area contributed by atoms with Gasteiger partial charge in [0.25, 0.3) is 0 Å². The molecule has 0 atom stereocenters. The summed E-state index contributed by atoms with van der Waals surface area (Å²) in [5.74, 6) is 2.90. The zero-order valence-corrected chi connectivity index (χ0v) is 48.6. The quantitative estimate of drug-likeness (QED) is 0.143. The van der Waals surface area contributed by atoms with Gasteiger partial charge < -0.3 is 13.3 Å². The van der Waals surface area contributed by atoms with Crippen molar-refractivity contribution < 1.29 is 13.3 Å². The van der Waals surface area contributed by atoms with Crippen molar-refractivity contribution in [1.29, 1.82) is 0 Å². The van der Waals surface area contributed by atoms with Gasteiger partial charge in [-0.05, 0) is 270 Å². The molecule has 0 unspecified atom stereocenters. The lowest BCUT2D eigenvalue weighted by Crippen LogP contribution is -2.27. The molecular formula is C81H63N3O3. The molecule has 9 aliphatic carbocycles. The monoisotopic (exact) mass is 1130 g/mol. The molecule has 0 N–H and O–H groups in total. The van der Waals surface area contributed by atoms with E-state index in [1.807, 2.05) is 18.2 Å². The molecule has 6 aromatic heterocycles. The van der Waals surface area contributed by atoms with Gasteiger partial charge in [-0.15, -0.1) is 0 Å². The van der Waals surface area contributed by atoms with Crippen molar-refractivity contribution >= 4 is 99.3 Å². The number of pyridine rings is 3. The average Bonchev–Trinajstić information content (AvgIpc) is 2.63. The Morgan fingerprint density at radius 2 is 0.506 bits per heavy atom. The van der Waals surface area contributed by atoms with E-state index in [2.05, 4.69) is 182 Å². The molecule has 0 aliphatic heterocycles. The molecule has 0 saturated heterocycles. The Labute approximate surface area is 505 Å². The van der Waals surface area contributed by atoms with Crippen LogP contribution in [0.2, 0.25) is 0 Å². The Balaban J connectivity index is 0.766. The van der Waals surface area contributed by atoms with Gasteiger partial charge in [-0.25, -0.2) is 0 Å². The maximum absolute atomic E-state index is 6.37. The van der Waals surface area contributed by atoms with Crippen LogP contribution in [-0.2, 0) is 0 Å². The van der Waals surface area contributed by atoms with Crippen LogP contribution in [0, 0.1) is 35.5 Å². The van der Waals surface area contributed by atoms with Crippen molar-refractivity contribution in [3.05, 3.63) is 234 Å². The van der Waals surface area contributed by atoms with Crippen LogP contribution in [0.1, 0.15) is 111 Å². The van der Waals surface area contributed by atoms with Gasteiger partial charge in [-0.1, -0.05) is 91.0 Å². The highest BCUT2D eigenvalue weighted by atomic mass is 16.3. The lowest BCUT2D eigenvalue weighted by Gasteiger charge is -2.43. The van der Waals surface area contributed by atoms with Crippen LogP contribution in [0.4, 0.5) is 0 Å². The van der Waals surface area contributed by atoms with Crippen LogP contribution in [0.25, 0.3) is 133 Å². The normalized spacial score (nSPS) is 21.8. The molecule has 420 valence electrons. The standard InChI is InChI=1S/C81H63N3O3/c1-4-10-70-61(7-1)64-31-25-52(40-73(64)85-70)55-28-36-69(84-43-55)81-51-23-21-50(22-24-51)80(81)60-38-58(78-48-17-13-46(14-18-48)76(78)56-29-34-67(82-44-56)53-26-32-65-62-8-2-5-11-71(62)86-74(65)41-53)37-59(39-60)79-49-19-15-47(16-20-49)77(79)57-30-35-68(83-45-57)54-27-33-66-63-9-3-6-12-72(63)87-75(66)42-54/h1-12,25-51H,13-24H2. The van der Waals surface area contributed by atoms with Gasteiger partial charge in [0.05, 0.1) is 17.1 Å². The van der Waals surface area contributed by atoms with Crippen LogP contribution < -0.4 is 0 Å². The third-order valence-electron chi connectivity index (χ3n) is 21.6. The number of fused-ring (bicyclic) bond motifs is 15. The van der Waals surface area contributed by atoms with E-state index in [0.717, 1.165) is 105 Å². The molecule has 3 saturated carbocycles. The molecule has 9 aliphatic rings. The van der Waals surface area contributed by atoms with Gasteiger partial charge in [0.2, 0.25) is 0 Å². The molecule has 6 nitrogen and oxygen atoms in total. The van der Waals surface area contributed by atoms with E-state index in [0.29, 0.717) is 35.5 Å². The summed E-state index contributed by atoms with van der Waals surface area (Å²) >= 11 is 0. The number of nitrogens with zero attached hydrogens (tertiary/aromatic N) is 3. The summed E-state index contributed by atoms with van der Waals surface area (Å²) in [5.41, 5.74) is 28.8. The molecule has 0 radical (unpaired) electrons. The van der Waals surface area contributed by atoms with Crippen LogP contribution in [0.3, 0.4) is 0 Å². The Kier molecular flexibility index (Phi) is 11.2. The molecule has 0 spiro atoms. The van der Waals surface area contributed by atoms with E-state index in [-0.39, 0.29) is 0 Å². The summed E-state index contributed by atoms with van der Waals surface area (Å²) in [6.07, 6.45) is 21.2. The molecule has 22 rings (SSSR count). The van der Waals surface area contributed by atoms with Gasteiger partial charge >= 0.3 is 0 Å². The SMILES string of the molecule is c1ccc2c(c1)oc1cc(-c3ccc(C4=C(c5cc(C6=C(c7ccc(-c8ccc9c(c8)oc8ccccc89)nc7)C7CCC6CC7)cc(C6=C(c7ccc(-c8ccc9c(c8)oc8ccccc89)nc7)C7CCC6CC7)c5)C5CCC4CC5)nc3)ccc12. The first-order valence-electron chi connectivity index (χ1n) is 32.1. The smallest absolute Gasteiger partial charge is 0.136 e. The Hall–Kier alpha value is -9.39. The first-order valence-corrected chi connectivity index (χ1v) is 32.1. The average molecular weight is 1130 g/mol. The Morgan fingerprint density at radius 3 is 0.885 bits per heavy atom. The number of furan rings is 3. The van der Waals surface area contributed by atoms with Crippen LogP contribution in [0.15, 0.2) is 214 Å². The number of benzene rings is 7. The summed E-state index contributed by atoms with van der Waals surface area (Å²) in [5, 5.41) is 6.87. The van der Waals surface area contributed by atoms with Gasteiger partial charge in [0.1, 0.15) is 33.5 Å². The van der Waals surface area contributed by atoms with Crippen LogP contribution in [0.5, 0.6) is 0 Å². The fraction of sp³-hybridized carbons (Fsp3) is 0.222. The first kappa shape index (κ1) is 49.8. The van der Waals surface area contributed by atoms with Gasteiger partial charge in [-0.2, -0.15) is 0 Å². The highest BCUT2D eigenvalue weighted by molar-refractivity contribution is 6.09. The van der Waals surface area contributed by atoms with Crippen molar-refractivity contribution in [3.8, 4) is 33.6 Å². The second kappa shape index (κ2) is 19.6. The largest absolute Gasteiger partial charge is 0.456 e. The zero-order valence-electron chi connectivity index (χ0n) is 48.6. The molecule has 13 aromatic rings. The molecule has 3 fully saturated rings. The van der Waals surface area contributed by atoms with E-state index >= 15 is 0 Å². The zero-order chi connectivity index (χ0) is 56.8. The number of hydrogen-bond acceptors (Lipinski definition) is 6. The second-order valence-corrected chi connectivity index (χ2v) is 26.2. The third kappa shape index (κ3) is 8.02. The van der Waals surface area contributed by atoms with Crippen LogP contribution in [-0.4, -0.2) is 15.0 Å². The molecule has 6 heteroatoms. The maximum Gasteiger partial charge on any atom is 0.136 e. The Morgan fingerprint density at radius 1 is 0.218 bits per heavy atom. The van der Waals surface area contributed by atoms with E-state index in [1.54, 1.807) is 11.1 Å². The summed E-state index contributed by atoms with van der Waals surface area (Å²) in [6, 6.07) is 66.6. The fourth-order valence-corrected chi connectivity index (χ4v) is 17.6. The maximum atomic E-state index is 6.37. The van der Waals surface area contributed by atoms with Gasteiger partial charge in [-0.3, -0.25) is 15.0 Å². The highest BCUT2D eigenvalue weighted by Gasteiger charge is 2.42. The lowest BCUT2D eigenvalue weighted by molar-refractivity contribution is 0.350. The molecule has 6 bridgehead atoms. The number of para-hydroxylation sites is 3. The molecule has 87 heavy (non-hydrogen) atoms. The summed E-state index contributed by atoms with van der Waals surface area (Å²) in [6.45, 7) is 0. The summed E-state index contributed by atoms with van der Waals surface area (Å²) in [4.78, 5) is 16.1. The summed E-state index contributed by atoms with van der Waals surface area (Å²) < 4.78 is 19.1. The second-order valence-electron chi connectivity index (χ2n) is 26.2. The molecule has 7 aromatic carbocycles. The minimum absolute atomic E-state index is 0.470.